The van der Waals surface area contributed by atoms with Gasteiger partial charge in [0.05, 0.1) is 23.8 Å². The summed E-state index contributed by atoms with van der Waals surface area (Å²) < 4.78 is 6.03. The topological polar surface area (TPSA) is 45.7 Å². The minimum Gasteiger partial charge on any atom is -0.375 e. The Morgan fingerprint density at radius 1 is 1.41 bits per heavy atom. The van der Waals surface area contributed by atoms with Crippen LogP contribution < -0.4 is 0 Å². The van der Waals surface area contributed by atoms with E-state index in [1.165, 1.54) is 5.56 Å². The van der Waals surface area contributed by atoms with Crippen molar-refractivity contribution in [3.63, 3.8) is 0 Å². The first-order chi connectivity index (χ1) is 13.1. The van der Waals surface area contributed by atoms with Crippen molar-refractivity contribution in [1.29, 1.82) is 0 Å². The zero-order valence-corrected chi connectivity index (χ0v) is 16.9. The average Bonchev–Trinajstić information content (AvgIpc) is 3.36. The maximum Gasteiger partial charge on any atom is 0.263 e. The molecule has 2 aromatic heterocycles. The van der Waals surface area contributed by atoms with Crippen molar-refractivity contribution < 1.29 is 9.53 Å². The molecule has 0 saturated carbocycles. The normalized spacial score (nSPS) is 25.6. The molecule has 2 aromatic rings. The number of thiophene rings is 1. The van der Waals surface area contributed by atoms with E-state index in [-0.39, 0.29) is 11.3 Å². The molecule has 2 aliphatic heterocycles. The Balaban J connectivity index is 1.39. The molecule has 4 rings (SSSR count). The van der Waals surface area contributed by atoms with E-state index in [1.54, 1.807) is 17.5 Å². The number of amides is 1. The van der Waals surface area contributed by atoms with Crippen LogP contribution in [-0.4, -0.2) is 60.5 Å². The standard InChI is InChI=1S/C21H27N3O2S/c1-16-9-19(27-13-16)20(25)24-8-6-21(15-24)14-23(2)10-17(21)11-26-12-18-5-3-4-7-22-18/h3-5,7,9,13,17H,6,8,10-12,14-15H2,1-2H3/t17-,21-/m1/s1. The van der Waals surface area contributed by atoms with Gasteiger partial charge in [0.2, 0.25) is 0 Å². The Kier molecular flexibility index (Phi) is 5.30. The average molecular weight is 386 g/mol. The highest BCUT2D eigenvalue weighted by atomic mass is 32.1. The van der Waals surface area contributed by atoms with E-state index in [0.717, 1.165) is 49.8 Å². The number of ether oxygens (including phenoxy) is 1. The van der Waals surface area contributed by atoms with Crippen LogP contribution >= 0.6 is 11.3 Å². The number of hydrogen-bond acceptors (Lipinski definition) is 5. The van der Waals surface area contributed by atoms with Crippen molar-refractivity contribution in [2.24, 2.45) is 11.3 Å². The molecule has 2 saturated heterocycles. The van der Waals surface area contributed by atoms with Gasteiger partial charge in [-0.2, -0.15) is 0 Å². The molecule has 5 nitrogen and oxygen atoms in total. The number of aryl methyl sites for hydroxylation is 1. The third-order valence-corrected chi connectivity index (χ3v) is 6.93. The van der Waals surface area contributed by atoms with Gasteiger partial charge in [0, 0.05) is 43.7 Å². The van der Waals surface area contributed by atoms with Crippen LogP contribution in [0.25, 0.3) is 0 Å². The number of nitrogens with zero attached hydrogens (tertiary/aromatic N) is 3. The predicted octanol–water partition coefficient (Wildman–Crippen LogP) is 3.06. The third-order valence-electron chi connectivity index (χ3n) is 5.89. The fourth-order valence-corrected chi connectivity index (χ4v) is 5.42. The summed E-state index contributed by atoms with van der Waals surface area (Å²) in [5.74, 6) is 0.641. The summed E-state index contributed by atoms with van der Waals surface area (Å²) in [7, 11) is 2.17. The van der Waals surface area contributed by atoms with E-state index < -0.39 is 0 Å². The fourth-order valence-electron chi connectivity index (χ4n) is 4.55. The molecular weight excluding hydrogens is 358 g/mol. The van der Waals surface area contributed by atoms with Crippen molar-refractivity contribution in [3.05, 3.63) is 52.0 Å². The van der Waals surface area contributed by atoms with Crippen molar-refractivity contribution in [2.75, 3.05) is 39.8 Å². The number of rotatable bonds is 5. The van der Waals surface area contributed by atoms with Crippen molar-refractivity contribution in [1.82, 2.24) is 14.8 Å². The number of carbonyl (C=O) groups excluding carboxylic acids is 1. The molecule has 0 aromatic carbocycles. The summed E-state index contributed by atoms with van der Waals surface area (Å²) >= 11 is 1.56. The van der Waals surface area contributed by atoms with Crippen molar-refractivity contribution in [3.8, 4) is 0 Å². The summed E-state index contributed by atoms with van der Waals surface area (Å²) in [5.41, 5.74) is 2.29. The van der Waals surface area contributed by atoms with Gasteiger partial charge in [-0.1, -0.05) is 6.07 Å². The summed E-state index contributed by atoms with van der Waals surface area (Å²) in [6, 6.07) is 7.91. The Bertz CT molecular complexity index is 794. The van der Waals surface area contributed by atoms with Gasteiger partial charge in [0.1, 0.15) is 0 Å². The molecule has 2 aliphatic rings. The molecule has 27 heavy (non-hydrogen) atoms. The maximum atomic E-state index is 12.9. The van der Waals surface area contributed by atoms with Gasteiger partial charge in [-0.3, -0.25) is 9.78 Å². The lowest BCUT2D eigenvalue weighted by atomic mass is 9.77. The number of carbonyl (C=O) groups is 1. The molecule has 0 unspecified atom stereocenters. The smallest absolute Gasteiger partial charge is 0.263 e. The van der Waals surface area contributed by atoms with Crippen LogP contribution in [0.15, 0.2) is 35.8 Å². The molecule has 1 spiro atoms. The first-order valence-electron chi connectivity index (χ1n) is 9.56. The number of pyridine rings is 1. The lowest BCUT2D eigenvalue weighted by Gasteiger charge is -2.30. The van der Waals surface area contributed by atoms with Gasteiger partial charge in [-0.25, -0.2) is 0 Å². The van der Waals surface area contributed by atoms with Gasteiger partial charge in [-0.05, 0) is 49.5 Å². The largest absolute Gasteiger partial charge is 0.375 e. The van der Waals surface area contributed by atoms with Crippen LogP contribution in [0.3, 0.4) is 0 Å². The zero-order valence-electron chi connectivity index (χ0n) is 16.1. The van der Waals surface area contributed by atoms with Crippen LogP contribution in [0, 0.1) is 18.3 Å². The van der Waals surface area contributed by atoms with E-state index >= 15 is 0 Å². The number of likely N-dealkylation sites (tertiary alicyclic amines) is 2. The molecule has 2 atom stereocenters. The fraction of sp³-hybridized carbons (Fsp3) is 0.524. The second kappa shape index (κ2) is 7.70. The second-order valence-corrected chi connectivity index (χ2v) is 8.97. The first-order valence-corrected chi connectivity index (χ1v) is 10.4. The molecular formula is C21H27N3O2S. The monoisotopic (exact) mass is 385 g/mol. The van der Waals surface area contributed by atoms with Gasteiger partial charge in [0.15, 0.2) is 0 Å². The van der Waals surface area contributed by atoms with Crippen LogP contribution in [0.5, 0.6) is 0 Å². The third kappa shape index (κ3) is 3.93. The van der Waals surface area contributed by atoms with E-state index in [1.807, 2.05) is 31.2 Å². The van der Waals surface area contributed by atoms with Gasteiger partial charge in [0.25, 0.3) is 5.91 Å². The number of hydrogen-bond donors (Lipinski definition) is 0. The van der Waals surface area contributed by atoms with Crippen LogP contribution in [0.4, 0.5) is 0 Å². The Hall–Kier alpha value is -1.76. The van der Waals surface area contributed by atoms with E-state index in [4.69, 9.17) is 4.74 Å². The molecule has 6 heteroatoms. The molecule has 144 valence electrons. The van der Waals surface area contributed by atoms with E-state index in [0.29, 0.717) is 12.5 Å². The van der Waals surface area contributed by atoms with Crippen LogP contribution in [-0.2, 0) is 11.3 Å². The van der Waals surface area contributed by atoms with E-state index in [9.17, 15) is 4.79 Å². The molecule has 0 bridgehead atoms. The first kappa shape index (κ1) is 18.6. The van der Waals surface area contributed by atoms with Crippen molar-refractivity contribution in [2.45, 2.75) is 20.0 Å². The molecule has 4 heterocycles. The van der Waals surface area contributed by atoms with Gasteiger partial charge in [-0.15, -0.1) is 11.3 Å². The van der Waals surface area contributed by atoms with E-state index in [2.05, 4.69) is 27.2 Å². The quantitative estimate of drug-likeness (QED) is 0.794. The minimum absolute atomic E-state index is 0.154. The Morgan fingerprint density at radius 3 is 3.04 bits per heavy atom. The SMILES string of the molecule is Cc1csc(C(=O)N2CC[C@@]3(CN(C)C[C@@H]3COCc3ccccn3)C2)c1. The van der Waals surface area contributed by atoms with Gasteiger partial charge < -0.3 is 14.5 Å². The molecule has 0 aliphatic carbocycles. The second-order valence-electron chi connectivity index (χ2n) is 8.06. The highest BCUT2D eigenvalue weighted by Gasteiger charge is 2.50. The highest BCUT2D eigenvalue weighted by Crippen LogP contribution is 2.44. The van der Waals surface area contributed by atoms with Crippen LogP contribution in [0.1, 0.15) is 27.3 Å². The molecule has 0 radical (unpaired) electrons. The van der Waals surface area contributed by atoms with Crippen molar-refractivity contribution >= 4 is 17.2 Å². The summed E-state index contributed by atoms with van der Waals surface area (Å²) in [4.78, 5) is 22.5. The molecule has 2 fully saturated rings. The minimum atomic E-state index is 0.154. The summed E-state index contributed by atoms with van der Waals surface area (Å²) in [6.45, 7) is 7.07. The molecule has 1 amide bonds. The Labute approximate surface area is 165 Å². The van der Waals surface area contributed by atoms with Gasteiger partial charge >= 0.3 is 0 Å². The lowest BCUT2D eigenvalue weighted by Crippen LogP contribution is -2.38. The maximum absolute atomic E-state index is 12.9. The summed E-state index contributed by atoms with van der Waals surface area (Å²) in [5, 5.41) is 2.05. The summed E-state index contributed by atoms with van der Waals surface area (Å²) in [6.07, 6.45) is 2.86. The molecule has 0 N–H and O–H groups in total. The van der Waals surface area contributed by atoms with Crippen LogP contribution in [0.2, 0.25) is 0 Å². The lowest BCUT2D eigenvalue weighted by molar-refractivity contribution is 0.0484. The number of aromatic nitrogens is 1. The Morgan fingerprint density at radius 2 is 2.30 bits per heavy atom. The zero-order chi connectivity index (χ0) is 18.9. The highest BCUT2D eigenvalue weighted by molar-refractivity contribution is 7.12. The predicted molar refractivity (Wildman–Crippen MR) is 107 cm³/mol.